The van der Waals surface area contributed by atoms with Gasteiger partial charge in [-0.05, 0) is 38.1 Å². The van der Waals surface area contributed by atoms with Crippen LogP contribution in [0.15, 0.2) is 28.8 Å². The van der Waals surface area contributed by atoms with Crippen LogP contribution in [0.5, 0.6) is 0 Å². The summed E-state index contributed by atoms with van der Waals surface area (Å²) in [5, 5.41) is 14.3. The normalized spacial score (nSPS) is 11.5. The molecule has 1 amide bonds. The molecule has 0 radical (unpaired) electrons. The number of rotatable bonds is 6. The molecule has 1 N–H and O–H groups in total. The van der Waals surface area contributed by atoms with Crippen LogP contribution in [0, 0.1) is 0 Å². The van der Waals surface area contributed by atoms with E-state index in [0.717, 1.165) is 5.56 Å². The number of amides is 1. The molecule has 1 aromatic heterocycles. The second kappa shape index (κ2) is 7.10. The van der Waals surface area contributed by atoms with E-state index in [1.165, 1.54) is 4.90 Å². The summed E-state index contributed by atoms with van der Waals surface area (Å²) in [5.41, 5.74) is -0.119. The van der Waals surface area contributed by atoms with Crippen LogP contribution >= 0.6 is 11.6 Å². The number of halogens is 1. The Hall–Kier alpha value is -1.92. The van der Waals surface area contributed by atoms with Crippen molar-refractivity contribution in [1.29, 1.82) is 0 Å². The highest BCUT2D eigenvalue weighted by atomic mass is 35.5. The summed E-state index contributed by atoms with van der Waals surface area (Å²) in [4.78, 5) is 17.8. The van der Waals surface area contributed by atoms with Crippen molar-refractivity contribution in [2.24, 2.45) is 0 Å². The zero-order valence-electron chi connectivity index (χ0n) is 13.4. The molecule has 0 unspecified atom stereocenters. The third-order valence-electron chi connectivity index (χ3n) is 3.17. The quantitative estimate of drug-likeness (QED) is 0.876. The summed E-state index contributed by atoms with van der Waals surface area (Å²) in [6, 6.07) is 7.11. The number of carbonyl (C=O) groups excluding carboxylic acids is 1. The average Bonchev–Trinajstić information content (AvgIpc) is 2.92. The molecule has 0 spiro atoms. The third kappa shape index (κ3) is 5.33. The molecular formula is C16H20ClN3O3. The fourth-order valence-corrected chi connectivity index (χ4v) is 2.27. The zero-order valence-corrected chi connectivity index (χ0v) is 14.2. The standard InChI is InChI=1S/C16H20ClN3O3/c1-16(2,22)10-20(3)14(21)9-8-13-18-15(19-23-13)11-4-6-12(17)7-5-11/h4-7,22H,8-10H2,1-3H3. The first-order chi connectivity index (χ1) is 10.7. The Morgan fingerprint density at radius 1 is 1.35 bits per heavy atom. The summed E-state index contributed by atoms with van der Waals surface area (Å²) < 4.78 is 5.17. The molecule has 2 rings (SSSR count). The Morgan fingerprint density at radius 3 is 2.61 bits per heavy atom. The predicted molar refractivity (Wildman–Crippen MR) is 87.0 cm³/mol. The Labute approximate surface area is 140 Å². The van der Waals surface area contributed by atoms with Crippen molar-refractivity contribution in [1.82, 2.24) is 15.0 Å². The summed E-state index contributed by atoms with van der Waals surface area (Å²) in [5.74, 6) is 0.785. The van der Waals surface area contributed by atoms with E-state index in [2.05, 4.69) is 10.1 Å². The van der Waals surface area contributed by atoms with Crippen molar-refractivity contribution < 1.29 is 14.4 Å². The molecule has 0 bridgehead atoms. The lowest BCUT2D eigenvalue weighted by Crippen LogP contribution is -2.39. The van der Waals surface area contributed by atoms with Gasteiger partial charge in [-0.25, -0.2) is 0 Å². The van der Waals surface area contributed by atoms with Gasteiger partial charge in [-0.15, -0.1) is 0 Å². The topological polar surface area (TPSA) is 79.5 Å². The summed E-state index contributed by atoms with van der Waals surface area (Å²) in [6.45, 7) is 3.59. The second-order valence-corrected chi connectivity index (χ2v) is 6.52. The van der Waals surface area contributed by atoms with Gasteiger partial charge in [0.2, 0.25) is 17.6 Å². The third-order valence-corrected chi connectivity index (χ3v) is 3.43. The molecule has 6 nitrogen and oxygen atoms in total. The zero-order chi connectivity index (χ0) is 17.0. The minimum atomic E-state index is -0.920. The summed E-state index contributed by atoms with van der Waals surface area (Å²) in [7, 11) is 1.66. The van der Waals surface area contributed by atoms with E-state index in [4.69, 9.17) is 16.1 Å². The number of aliphatic hydroxyl groups is 1. The van der Waals surface area contributed by atoms with Crippen molar-refractivity contribution in [3.63, 3.8) is 0 Å². The van der Waals surface area contributed by atoms with Crippen LogP contribution in [0.1, 0.15) is 26.2 Å². The van der Waals surface area contributed by atoms with Gasteiger partial charge in [0.25, 0.3) is 0 Å². The van der Waals surface area contributed by atoms with E-state index >= 15 is 0 Å². The molecule has 1 aromatic carbocycles. The Kier molecular flexibility index (Phi) is 5.38. The molecule has 2 aromatic rings. The van der Waals surface area contributed by atoms with E-state index < -0.39 is 5.60 Å². The van der Waals surface area contributed by atoms with Gasteiger partial charge in [0, 0.05) is 37.0 Å². The van der Waals surface area contributed by atoms with Crippen LogP contribution in [0.3, 0.4) is 0 Å². The van der Waals surface area contributed by atoms with Crippen LogP contribution in [-0.4, -0.2) is 45.2 Å². The molecule has 1 heterocycles. The lowest BCUT2D eigenvalue weighted by atomic mass is 10.1. The molecule has 23 heavy (non-hydrogen) atoms. The molecule has 7 heteroatoms. The molecule has 0 fully saturated rings. The molecule has 0 atom stereocenters. The van der Waals surface area contributed by atoms with Crippen molar-refractivity contribution >= 4 is 17.5 Å². The SMILES string of the molecule is CN(CC(C)(C)O)C(=O)CCc1nc(-c2ccc(Cl)cc2)no1. The minimum Gasteiger partial charge on any atom is -0.389 e. The fraction of sp³-hybridized carbons (Fsp3) is 0.438. The number of likely N-dealkylation sites (N-methyl/N-ethyl adjacent to an activating group) is 1. The van der Waals surface area contributed by atoms with E-state index in [1.54, 1.807) is 45.2 Å². The second-order valence-electron chi connectivity index (χ2n) is 6.08. The summed E-state index contributed by atoms with van der Waals surface area (Å²) >= 11 is 5.84. The largest absolute Gasteiger partial charge is 0.389 e. The van der Waals surface area contributed by atoms with E-state index in [1.807, 2.05) is 0 Å². The predicted octanol–water partition coefficient (Wildman–Crippen LogP) is 2.55. The van der Waals surface area contributed by atoms with Gasteiger partial charge in [-0.2, -0.15) is 4.98 Å². The molecule has 0 aliphatic heterocycles. The smallest absolute Gasteiger partial charge is 0.227 e. The maximum atomic E-state index is 12.0. The highest BCUT2D eigenvalue weighted by Gasteiger charge is 2.20. The molecule has 124 valence electrons. The van der Waals surface area contributed by atoms with Crippen molar-refractivity contribution in [3.05, 3.63) is 35.2 Å². The molecule has 0 aliphatic rings. The maximum absolute atomic E-state index is 12.0. The van der Waals surface area contributed by atoms with Crippen molar-refractivity contribution in [2.45, 2.75) is 32.3 Å². The Balaban J connectivity index is 1.92. The lowest BCUT2D eigenvalue weighted by Gasteiger charge is -2.25. The molecule has 0 saturated heterocycles. The van der Waals surface area contributed by atoms with Crippen LogP contribution < -0.4 is 0 Å². The Morgan fingerprint density at radius 2 is 2.00 bits per heavy atom. The number of nitrogens with zero attached hydrogens (tertiary/aromatic N) is 3. The molecular weight excluding hydrogens is 318 g/mol. The van der Waals surface area contributed by atoms with Gasteiger partial charge in [0.15, 0.2) is 0 Å². The maximum Gasteiger partial charge on any atom is 0.227 e. The Bertz CT molecular complexity index is 662. The van der Waals surface area contributed by atoms with Gasteiger partial charge >= 0.3 is 0 Å². The minimum absolute atomic E-state index is 0.0848. The van der Waals surface area contributed by atoms with Crippen molar-refractivity contribution in [2.75, 3.05) is 13.6 Å². The van der Waals surface area contributed by atoms with Gasteiger partial charge in [0.05, 0.1) is 5.60 Å². The van der Waals surface area contributed by atoms with Crippen LogP contribution in [0.4, 0.5) is 0 Å². The van der Waals surface area contributed by atoms with Gasteiger partial charge in [-0.1, -0.05) is 16.8 Å². The summed E-state index contributed by atoms with van der Waals surface area (Å²) in [6.07, 6.45) is 0.602. The number of carbonyl (C=O) groups is 1. The van der Waals surface area contributed by atoms with Crippen LogP contribution in [-0.2, 0) is 11.2 Å². The van der Waals surface area contributed by atoms with E-state index in [-0.39, 0.29) is 18.9 Å². The van der Waals surface area contributed by atoms with Gasteiger partial charge in [-0.3, -0.25) is 4.79 Å². The fourth-order valence-electron chi connectivity index (χ4n) is 2.15. The van der Waals surface area contributed by atoms with Crippen LogP contribution in [0.25, 0.3) is 11.4 Å². The number of aryl methyl sites for hydroxylation is 1. The first-order valence-corrected chi connectivity index (χ1v) is 7.67. The van der Waals surface area contributed by atoms with Crippen molar-refractivity contribution in [3.8, 4) is 11.4 Å². The first kappa shape index (κ1) is 17.4. The number of hydrogen-bond acceptors (Lipinski definition) is 5. The number of benzene rings is 1. The van der Waals surface area contributed by atoms with Gasteiger partial charge < -0.3 is 14.5 Å². The van der Waals surface area contributed by atoms with Gasteiger partial charge in [0.1, 0.15) is 0 Å². The number of hydrogen-bond donors (Lipinski definition) is 1. The van der Waals surface area contributed by atoms with Crippen LogP contribution in [0.2, 0.25) is 5.02 Å². The first-order valence-electron chi connectivity index (χ1n) is 7.29. The lowest BCUT2D eigenvalue weighted by molar-refractivity contribution is -0.132. The highest BCUT2D eigenvalue weighted by Crippen LogP contribution is 2.19. The monoisotopic (exact) mass is 337 g/mol. The average molecular weight is 338 g/mol. The molecule has 0 aliphatic carbocycles. The number of aromatic nitrogens is 2. The van der Waals surface area contributed by atoms with E-state index in [0.29, 0.717) is 23.2 Å². The highest BCUT2D eigenvalue weighted by molar-refractivity contribution is 6.30. The van der Waals surface area contributed by atoms with E-state index in [9.17, 15) is 9.90 Å². The molecule has 0 saturated carbocycles.